The van der Waals surface area contributed by atoms with Crippen molar-refractivity contribution in [2.45, 2.75) is 6.92 Å². The fourth-order valence-electron chi connectivity index (χ4n) is 1.60. The van der Waals surface area contributed by atoms with Gasteiger partial charge in [-0.1, -0.05) is 35.3 Å². The van der Waals surface area contributed by atoms with E-state index in [0.29, 0.717) is 25.8 Å². The van der Waals surface area contributed by atoms with Gasteiger partial charge in [-0.15, -0.1) is 0 Å². The first-order chi connectivity index (χ1) is 8.99. The van der Waals surface area contributed by atoms with Crippen LogP contribution in [0.5, 0.6) is 0 Å². The molecule has 5 heteroatoms. The molecular weight excluding hydrogens is 349 g/mol. The van der Waals surface area contributed by atoms with Crippen LogP contribution in [0, 0.1) is 6.92 Å². The zero-order valence-electron chi connectivity index (χ0n) is 10.0. The Morgan fingerprint density at radius 1 is 1.21 bits per heavy atom. The summed E-state index contributed by atoms with van der Waals surface area (Å²) in [4.78, 5) is 12.2. The quantitative estimate of drug-likeness (QED) is 0.773. The van der Waals surface area contributed by atoms with E-state index in [1.165, 1.54) is 0 Å². The maximum Gasteiger partial charge on any atom is 0.257 e. The van der Waals surface area contributed by atoms with E-state index in [4.69, 9.17) is 23.2 Å². The minimum absolute atomic E-state index is 0.293. The molecule has 0 aliphatic heterocycles. The average Bonchev–Trinajstić information content (AvgIpc) is 2.37. The second-order valence-corrected chi connectivity index (χ2v) is 5.68. The predicted octanol–water partition coefficient (Wildman–Crippen LogP) is 5.32. The van der Waals surface area contributed by atoms with Crippen molar-refractivity contribution in [3.63, 3.8) is 0 Å². The summed E-state index contributed by atoms with van der Waals surface area (Å²) in [5, 5.41) is 3.63. The van der Waals surface area contributed by atoms with E-state index >= 15 is 0 Å². The standard InChI is InChI=1S/C14H10BrCl2NO/c1-8-5-6-11(16)12(7-8)18-14(19)9-3-2-4-10(15)13(9)17/h2-7H,1H3,(H,18,19). The lowest BCUT2D eigenvalue weighted by atomic mass is 10.2. The molecule has 0 fully saturated rings. The lowest BCUT2D eigenvalue weighted by molar-refractivity contribution is 0.102. The topological polar surface area (TPSA) is 29.1 Å². The summed E-state index contributed by atoms with van der Waals surface area (Å²) in [7, 11) is 0. The first kappa shape index (κ1) is 14.4. The van der Waals surface area contributed by atoms with Gasteiger partial charge in [0, 0.05) is 4.47 Å². The molecule has 0 aromatic heterocycles. The van der Waals surface area contributed by atoms with E-state index in [-0.39, 0.29) is 5.91 Å². The molecule has 1 N–H and O–H groups in total. The van der Waals surface area contributed by atoms with E-state index in [1.807, 2.05) is 19.1 Å². The highest BCUT2D eigenvalue weighted by Crippen LogP contribution is 2.28. The summed E-state index contributed by atoms with van der Waals surface area (Å²) in [5.41, 5.74) is 1.98. The molecule has 0 heterocycles. The third kappa shape index (κ3) is 3.30. The van der Waals surface area contributed by atoms with Crippen LogP contribution in [0.1, 0.15) is 15.9 Å². The number of benzene rings is 2. The molecule has 0 saturated carbocycles. The number of halogens is 3. The fourth-order valence-corrected chi connectivity index (χ4v) is 2.35. The molecule has 0 aliphatic rings. The van der Waals surface area contributed by atoms with Gasteiger partial charge in [0.05, 0.1) is 21.3 Å². The third-order valence-corrected chi connectivity index (χ3v) is 4.19. The van der Waals surface area contributed by atoms with E-state index in [1.54, 1.807) is 24.3 Å². The van der Waals surface area contributed by atoms with Crippen LogP contribution in [0.25, 0.3) is 0 Å². The zero-order valence-corrected chi connectivity index (χ0v) is 13.1. The normalized spacial score (nSPS) is 10.3. The first-order valence-electron chi connectivity index (χ1n) is 5.50. The molecule has 0 bridgehead atoms. The smallest absolute Gasteiger partial charge is 0.257 e. The predicted molar refractivity (Wildman–Crippen MR) is 83.3 cm³/mol. The SMILES string of the molecule is Cc1ccc(Cl)c(NC(=O)c2cccc(Br)c2Cl)c1. The lowest BCUT2D eigenvalue weighted by Crippen LogP contribution is -2.13. The number of anilines is 1. The summed E-state index contributed by atoms with van der Waals surface area (Å²) in [5.74, 6) is -0.293. The summed E-state index contributed by atoms with van der Waals surface area (Å²) < 4.78 is 0.678. The molecular formula is C14H10BrCl2NO. The maximum atomic E-state index is 12.2. The van der Waals surface area contributed by atoms with E-state index in [9.17, 15) is 4.79 Å². The molecule has 1 amide bonds. The number of rotatable bonds is 2. The Kier molecular flexibility index (Phi) is 4.50. The third-order valence-electron chi connectivity index (χ3n) is 2.57. The molecule has 0 spiro atoms. The van der Waals surface area contributed by atoms with Gasteiger partial charge in [0.15, 0.2) is 0 Å². The minimum Gasteiger partial charge on any atom is -0.321 e. The Labute approximate surface area is 129 Å². The minimum atomic E-state index is -0.293. The van der Waals surface area contributed by atoms with Crippen molar-refractivity contribution in [2.75, 3.05) is 5.32 Å². The van der Waals surface area contributed by atoms with E-state index in [0.717, 1.165) is 5.56 Å². The monoisotopic (exact) mass is 357 g/mol. The first-order valence-corrected chi connectivity index (χ1v) is 7.05. The van der Waals surface area contributed by atoms with Gasteiger partial charge in [-0.25, -0.2) is 0 Å². The van der Waals surface area contributed by atoms with Gasteiger partial charge in [0.2, 0.25) is 0 Å². The van der Waals surface area contributed by atoms with E-state index < -0.39 is 0 Å². The number of hydrogen-bond donors (Lipinski definition) is 1. The molecule has 2 rings (SSSR count). The summed E-state index contributed by atoms with van der Waals surface area (Å²) in [6, 6.07) is 10.6. The molecule has 0 saturated heterocycles. The second-order valence-electron chi connectivity index (χ2n) is 4.04. The largest absolute Gasteiger partial charge is 0.321 e. The zero-order chi connectivity index (χ0) is 14.0. The van der Waals surface area contributed by atoms with Crippen molar-refractivity contribution in [3.8, 4) is 0 Å². The molecule has 0 unspecified atom stereocenters. The Balaban J connectivity index is 2.31. The highest BCUT2D eigenvalue weighted by Gasteiger charge is 2.13. The van der Waals surface area contributed by atoms with Gasteiger partial charge in [-0.3, -0.25) is 4.79 Å². The molecule has 98 valence electrons. The van der Waals surface area contributed by atoms with Crippen molar-refractivity contribution in [2.24, 2.45) is 0 Å². The highest BCUT2D eigenvalue weighted by atomic mass is 79.9. The summed E-state index contributed by atoms with van der Waals surface area (Å²) in [6.45, 7) is 1.93. The number of amides is 1. The van der Waals surface area contributed by atoms with E-state index in [2.05, 4.69) is 21.2 Å². The summed E-state index contributed by atoms with van der Waals surface area (Å²) in [6.07, 6.45) is 0. The molecule has 2 aromatic carbocycles. The number of aryl methyl sites for hydroxylation is 1. The lowest BCUT2D eigenvalue weighted by Gasteiger charge is -2.09. The summed E-state index contributed by atoms with van der Waals surface area (Å²) >= 11 is 15.4. The Bertz CT molecular complexity index is 643. The Hall–Kier alpha value is -1.03. The van der Waals surface area contributed by atoms with Gasteiger partial charge in [0.25, 0.3) is 5.91 Å². The molecule has 0 aliphatic carbocycles. The van der Waals surface area contributed by atoms with Crippen molar-refractivity contribution >= 4 is 50.7 Å². The Morgan fingerprint density at radius 3 is 2.68 bits per heavy atom. The Morgan fingerprint density at radius 2 is 1.95 bits per heavy atom. The van der Waals surface area contributed by atoms with Gasteiger partial charge >= 0.3 is 0 Å². The van der Waals surface area contributed by atoms with Crippen LogP contribution in [0.3, 0.4) is 0 Å². The number of hydrogen-bond acceptors (Lipinski definition) is 1. The van der Waals surface area contributed by atoms with Crippen molar-refractivity contribution in [1.82, 2.24) is 0 Å². The van der Waals surface area contributed by atoms with Gasteiger partial charge in [-0.05, 0) is 52.7 Å². The van der Waals surface area contributed by atoms with Gasteiger partial charge < -0.3 is 5.32 Å². The van der Waals surface area contributed by atoms with Crippen LogP contribution in [0.15, 0.2) is 40.9 Å². The number of carbonyl (C=O) groups excluding carboxylic acids is 1. The van der Waals surface area contributed by atoms with Crippen molar-refractivity contribution in [1.29, 1.82) is 0 Å². The molecule has 19 heavy (non-hydrogen) atoms. The fraction of sp³-hybridized carbons (Fsp3) is 0.0714. The number of carbonyl (C=O) groups is 1. The average molecular weight is 359 g/mol. The van der Waals surface area contributed by atoms with Crippen LogP contribution in [0.4, 0.5) is 5.69 Å². The van der Waals surface area contributed by atoms with Gasteiger partial charge in [-0.2, -0.15) is 0 Å². The number of nitrogens with one attached hydrogen (secondary N) is 1. The van der Waals surface area contributed by atoms with Crippen molar-refractivity contribution < 1.29 is 4.79 Å². The molecule has 2 nitrogen and oxygen atoms in total. The maximum absolute atomic E-state index is 12.2. The molecule has 0 radical (unpaired) electrons. The van der Waals surface area contributed by atoms with Crippen LogP contribution in [-0.4, -0.2) is 5.91 Å². The van der Waals surface area contributed by atoms with Crippen LogP contribution >= 0.6 is 39.1 Å². The molecule has 0 atom stereocenters. The van der Waals surface area contributed by atoms with Crippen LogP contribution < -0.4 is 5.32 Å². The van der Waals surface area contributed by atoms with Gasteiger partial charge in [0.1, 0.15) is 0 Å². The van der Waals surface area contributed by atoms with Crippen LogP contribution in [0.2, 0.25) is 10.0 Å². The van der Waals surface area contributed by atoms with Crippen LogP contribution in [-0.2, 0) is 0 Å². The second kappa shape index (κ2) is 5.95. The highest BCUT2D eigenvalue weighted by molar-refractivity contribution is 9.10. The molecule has 2 aromatic rings. The van der Waals surface area contributed by atoms with Crippen molar-refractivity contribution in [3.05, 3.63) is 62.0 Å².